The molecule has 10 heteroatoms. The van der Waals surface area contributed by atoms with Crippen LogP contribution in [-0.2, 0) is 35.0 Å². The smallest absolute Gasteiger partial charge is 0.458 e. The highest BCUT2D eigenvalue weighted by atomic mass is 16.7. The Morgan fingerprint density at radius 3 is 1.85 bits per heavy atom. The number of carbonyl (C=O) groups excluding carboxylic acids is 4. The fourth-order valence-electron chi connectivity index (χ4n) is 3.20. The van der Waals surface area contributed by atoms with E-state index in [0.29, 0.717) is 12.0 Å². The zero-order valence-electron chi connectivity index (χ0n) is 24.8. The van der Waals surface area contributed by atoms with Crippen LogP contribution >= 0.6 is 0 Å². The van der Waals surface area contributed by atoms with Crippen molar-refractivity contribution in [2.24, 2.45) is 16.6 Å². The van der Waals surface area contributed by atoms with Crippen LogP contribution in [0, 0.1) is 10.8 Å². The lowest BCUT2D eigenvalue weighted by Crippen LogP contribution is -2.39. The highest BCUT2D eigenvalue weighted by Crippen LogP contribution is 2.32. The van der Waals surface area contributed by atoms with E-state index in [1.165, 1.54) is 12.1 Å². The summed E-state index contributed by atoms with van der Waals surface area (Å²) in [6.45, 7) is 16.7. The lowest BCUT2D eigenvalue weighted by Gasteiger charge is -2.22. The molecule has 0 aliphatic rings. The second-order valence-corrected chi connectivity index (χ2v) is 12.1. The lowest BCUT2D eigenvalue weighted by molar-refractivity contribution is -0.155. The Balaban J connectivity index is 2.97. The van der Waals surface area contributed by atoms with Gasteiger partial charge in [-0.3, -0.25) is 14.4 Å². The average molecular weight is 552 g/mol. The van der Waals surface area contributed by atoms with Crippen LogP contribution in [0.15, 0.2) is 18.2 Å². The van der Waals surface area contributed by atoms with E-state index in [0.717, 1.165) is 0 Å². The molecule has 1 aromatic rings. The van der Waals surface area contributed by atoms with E-state index in [2.05, 4.69) is 0 Å². The molecular formula is C29H45NO9. The van der Waals surface area contributed by atoms with Crippen LogP contribution in [0.1, 0.15) is 87.1 Å². The molecule has 0 heterocycles. The van der Waals surface area contributed by atoms with E-state index < -0.39 is 42.3 Å². The Labute approximate surface area is 231 Å². The van der Waals surface area contributed by atoms with E-state index in [1.54, 1.807) is 19.9 Å². The van der Waals surface area contributed by atoms with Crippen LogP contribution in [-0.4, -0.2) is 48.9 Å². The van der Waals surface area contributed by atoms with Crippen molar-refractivity contribution in [2.75, 3.05) is 6.61 Å². The van der Waals surface area contributed by atoms with E-state index in [-0.39, 0.29) is 48.2 Å². The predicted octanol–water partition coefficient (Wildman–Crippen LogP) is 5.12. The molecule has 2 N–H and O–H groups in total. The standard InChI is InChI=1S/C29H45NO9/c1-10-13-35-27(34)37-19(3)18(2)36-26(33)21(30)14-20-11-12-22(38-24(31)16-28(4,5)6)23(15-20)39-25(32)17-29(7,8)9/h11-12,15,18-19,21H,10,13-14,16-17,30H2,1-9H3/t18-,19-,21-/m0/s1. The Kier molecular flexibility index (Phi) is 12.9. The zero-order chi connectivity index (χ0) is 30.0. The molecule has 0 unspecified atom stereocenters. The quantitative estimate of drug-likeness (QED) is 0.275. The Bertz CT molecular complexity index is 991. The predicted molar refractivity (Wildman–Crippen MR) is 145 cm³/mol. The van der Waals surface area contributed by atoms with E-state index in [1.807, 2.05) is 48.5 Å². The van der Waals surface area contributed by atoms with Gasteiger partial charge >= 0.3 is 24.1 Å². The van der Waals surface area contributed by atoms with Gasteiger partial charge < -0.3 is 29.4 Å². The third kappa shape index (κ3) is 14.0. The minimum Gasteiger partial charge on any atom is -0.458 e. The Hall–Kier alpha value is -3.14. The summed E-state index contributed by atoms with van der Waals surface area (Å²) in [4.78, 5) is 49.2. The molecule has 3 atom stereocenters. The molecule has 0 spiro atoms. The summed E-state index contributed by atoms with van der Waals surface area (Å²) in [6.07, 6.45) is -1.34. The summed E-state index contributed by atoms with van der Waals surface area (Å²) < 4.78 is 26.4. The van der Waals surface area contributed by atoms with E-state index in [9.17, 15) is 19.2 Å². The van der Waals surface area contributed by atoms with Crippen LogP contribution in [0.2, 0.25) is 0 Å². The van der Waals surface area contributed by atoms with E-state index >= 15 is 0 Å². The van der Waals surface area contributed by atoms with Gasteiger partial charge in [-0.15, -0.1) is 0 Å². The molecule has 0 radical (unpaired) electrons. The zero-order valence-corrected chi connectivity index (χ0v) is 24.8. The topological polar surface area (TPSA) is 140 Å². The average Bonchev–Trinajstić information content (AvgIpc) is 2.76. The maximum Gasteiger partial charge on any atom is 0.508 e. The first kappa shape index (κ1) is 33.9. The van der Waals surface area contributed by atoms with Gasteiger partial charge in [0.2, 0.25) is 0 Å². The molecule has 0 amide bonds. The molecule has 39 heavy (non-hydrogen) atoms. The summed E-state index contributed by atoms with van der Waals surface area (Å²) in [5.41, 5.74) is 6.05. The molecule has 0 fully saturated rings. The Morgan fingerprint density at radius 1 is 0.821 bits per heavy atom. The summed E-state index contributed by atoms with van der Waals surface area (Å²) in [7, 11) is 0. The van der Waals surface area contributed by atoms with Crippen molar-refractivity contribution in [2.45, 2.75) is 106 Å². The highest BCUT2D eigenvalue weighted by molar-refractivity contribution is 5.78. The third-order valence-electron chi connectivity index (χ3n) is 5.23. The van der Waals surface area contributed by atoms with Gasteiger partial charge in [-0.2, -0.15) is 0 Å². The van der Waals surface area contributed by atoms with Crippen LogP contribution in [0.5, 0.6) is 11.5 Å². The van der Waals surface area contributed by atoms with Crippen LogP contribution in [0.4, 0.5) is 4.79 Å². The van der Waals surface area contributed by atoms with Crippen molar-refractivity contribution in [3.05, 3.63) is 23.8 Å². The summed E-state index contributed by atoms with van der Waals surface area (Å²) in [5.74, 6) is -1.50. The number of hydrogen-bond donors (Lipinski definition) is 1. The normalized spacial score (nSPS) is 14.0. The van der Waals surface area contributed by atoms with Gasteiger partial charge in [0.15, 0.2) is 11.5 Å². The maximum atomic E-state index is 12.6. The number of rotatable bonds is 12. The summed E-state index contributed by atoms with van der Waals surface area (Å²) >= 11 is 0. The van der Waals surface area contributed by atoms with Crippen molar-refractivity contribution in [1.29, 1.82) is 0 Å². The van der Waals surface area contributed by atoms with Crippen molar-refractivity contribution in [3.63, 3.8) is 0 Å². The molecule has 1 aromatic carbocycles. The highest BCUT2D eigenvalue weighted by Gasteiger charge is 2.26. The van der Waals surface area contributed by atoms with Gasteiger partial charge in [-0.05, 0) is 55.2 Å². The number of ether oxygens (including phenoxy) is 5. The van der Waals surface area contributed by atoms with Crippen LogP contribution < -0.4 is 15.2 Å². The second kappa shape index (κ2) is 14.9. The third-order valence-corrected chi connectivity index (χ3v) is 5.23. The Morgan fingerprint density at radius 2 is 1.33 bits per heavy atom. The van der Waals surface area contributed by atoms with E-state index in [4.69, 9.17) is 29.4 Å². The van der Waals surface area contributed by atoms with Gasteiger partial charge in [-0.25, -0.2) is 4.79 Å². The molecular weight excluding hydrogens is 506 g/mol. The second-order valence-electron chi connectivity index (χ2n) is 12.1. The fourth-order valence-corrected chi connectivity index (χ4v) is 3.20. The van der Waals surface area contributed by atoms with Gasteiger partial charge in [0.05, 0.1) is 19.4 Å². The van der Waals surface area contributed by atoms with Gasteiger partial charge in [0.25, 0.3) is 0 Å². The number of nitrogens with two attached hydrogens (primary N) is 1. The molecule has 0 saturated heterocycles. The van der Waals surface area contributed by atoms with Crippen LogP contribution in [0.25, 0.3) is 0 Å². The van der Waals surface area contributed by atoms with Crippen molar-refractivity contribution in [3.8, 4) is 11.5 Å². The molecule has 0 saturated carbocycles. The van der Waals surface area contributed by atoms with Crippen LogP contribution in [0.3, 0.4) is 0 Å². The van der Waals surface area contributed by atoms with Crippen molar-refractivity contribution in [1.82, 2.24) is 0 Å². The SMILES string of the molecule is CCCOC(=O)O[C@@H](C)[C@H](C)OC(=O)[C@@H](N)Cc1ccc(OC(=O)CC(C)(C)C)c(OC(=O)CC(C)(C)C)c1. The van der Waals surface area contributed by atoms with Gasteiger partial charge in [0, 0.05) is 0 Å². The maximum absolute atomic E-state index is 12.6. The monoisotopic (exact) mass is 551 g/mol. The molecule has 10 nitrogen and oxygen atoms in total. The molecule has 0 aliphatic carbocycles. The number of hydrogen-bond acceptors (Lipinski definition) is 10. The first-order valence-electron chi connectivity index (χ1n) is 13.2. The summed E-state index contributed by atoms with van der Waals surface area (Å²) in [6, 6.07) is 3.60. The lowest BCUT2D eigenvalue weighted by atomic mass is 9.92. The molecule has 0 bridgehead atoms. The number of esters is 3. The minimum atomic E-state index is -1.06. The van der Waals surface area contributed by atoms with Crippen molar-refractivity contribution >= 4 is 24.1 Å². The molecule has 0 aliphatic heterocycles. The molecule has 0 aromatic heterocycles. The first-order valence-corrected chi connectivity index (χ1v) is 13.2. The number of carbonyl (C=O) groups is 4. The van der Waals surface area contributed by atoms with Gasteiger partial charge in [0.1, 0.15) is 18.2 Å². The fraction of sp³-hybridized carbons (Fsp3) is 0.655. The molecule has 220 valence electrons. The summed E-state index contributed by atoms with van der Waals surface area (Å²) in [5, 5.41) is 0. The number of benzene rings is 1. The molecule has 1 rings (SSSR count). The van der Waals surface area contributed by atoms with Gasteiger partial charge in [-0.1, -0.05) is 54.5 Å². The minimum absolute atomic E-state index is 0.0549. The van der Waals surface area contributed by atoms with Crippen molar-refractivity contribution < 1.29 is 42.9 Å². The largest absolute Gasteiger partial charge is 0.508 e. The first-order chi connectivity index (χ1) is 17.9.